The van der Waals surface area contributed by atoms with Crippen LogP contribution in [0.5, 0.6) is 0 Å². The van der Waals surface area contributed by atoms with E-state index in [0.717, 1.165) is 35.2 Å². The van der Waals surface area contributed by atoms with E-state index in [2.05, 4.69) is 27.9 Å². The molecule has 1 aromatic carbocycles. The molecule has 1 saturated heterocycles. The van der Waals surface area contributed by atoms with Gasteiger partial charge in [0.1, 0.15) is 0 Å². The van der Waals surface area contributed by atoms with Gasteiger partial charge >= 0.3 is 5.97 Å². The van der Waals surface area contributed by atoms with Gasteiger partial charge in [-0.1, -0.05) is 12.1 Å². The Morgan fingerprint density at radius 1 is 1.32 bits per heavy atom. The molecule has 1 aliphatic rings. The third-order valence-electron chi connectivity index (χ3n) is 3.87. The average Bonchev–Trinajstić information content (AvgIpc) is 2.50. The SMILES string of the molecule is CCOC(=O)C1CC[NH+](CC(=O)Nc2ccccc2I)CC1. The molecule has 1 fully saturated rings. The van der Waals surface area contributed by atoms with Gasteiger partial charge in [-0.3, -0.25) is 9.59 Å². The first kappa shape index (κ1) is 17.2. The molecular weight excluding hydrogens is 395 g/mol. The molecule has 0 unspecified atom stereocenters. The van der Waals surface area contributed by atoms with Crippen molar-refractivity contribution in [3.63, 3.8) is 0 Å². The highest BCUT2D eigenvalue weighted by Crippen LogP contribution is 2.16. The van der Waals surface area contributed by atoms with Gasteiger partial charge in [-0.15, -0.1) is 0 Å². The summed E-state index contributed by atoms with van der Waals surface area (Å²) >= 11 is 2.21. The van der Waals surface area contributed by atoms with E-state index in [0.29, 0.717) is 13.2 Å². The summed E-state index contributed by atoms with van der Waals surface area (Å²) in [5.74, 6) is -0.0691. The summed E-state index contributed by atoms with van der Waals surface area (Å²) in [5, 5.41) is 2.95. The van der Waals surface area contributed by atoms with E-state index in [4.69, 9.17) is 4.74 Å². The van der Waals surface area contributed by atoms with E-state index in [1.54, 1.807) is 0 Å². The fourth-order valence-electron chi connectivity index (χ4n) is 2.68. The van der Waals surface area contributed by atoms with Crippen LogP contribution in [0.15, 0.2) is 24.3 Å². The second kappa shape index (κ2) is 8.47. The Morgan fingerprint density at radius 3 is 2.64 bits per heavy atom. The highest BCUT2D eigenvalue weighted by molar-refractivity contribution is 14.1. The van der Waals surface area contributed by atoms with Crippen LogP contribution in [0.25, 0.3) is 0 Å². The number of piperidine rings is 1. The van der Waals surface area contributed by atoms with Crippen LogP contribution in [0.2, 0.25) is 0 Å². The molecule has 0 bridgehead atoms. The maximum Gasteiger partial charge on any atom is 0.309 e. The van der Waals surface area contributed by atoms with E-state index in [1.807, 2.05) is 31.2 Å². The molecule has 120 valence electrons. The lowest BCUT2D eigenvalue weighted by Crippen LogP contribution is -3.14. The van der Waals surface area contributed by atoms with Gasteiger partial charge in [-0.25, -0.2) is 0 Å². The van der Waals surface area contributed by atoms with Crippen molar-refractivity contribution in [1.29, 1.82) is 0 Å². The molecule has 0 atom stereocenters. The number of anilines is 1. The number of likely N-dealkylation sites (tertiary alicyclic amines) is 1. The molecule has 1 heterocycles. The van der Waals surface area contributed by atoms with E-state index in [9.17, 15) is 9.59 Å². The summed E-state index contributed by atoms with van der Waals surface area (Å²) in [6, 6.07) is 7.73. The van der Waals surface area contributed by atoms with Crippen molar-refractivity contribution in [2.24, 2.45) is 5.92 Å². The molecule has 5 nitrogen and oxygen atoms in total. The van der Waals surface area contributed by atoms with Gasteiger partial charge in [0.2, 0.25) is 0 Å². The first-order valence-electron chi connectivity index (χ1n) is 7.64. The number of quaternary nitrogens is 1. The van der Waals surface area contributed by atoms with Crippen LogP contribution in [0, 0.1) is 9.49 Å². The Hall–Kier alpha value is -1.15. The van der Waals surface area contributed by atoms with E-state index < -0.39 is 0 Å². The number of para-hydroxylation sites is 1. The van der Waals surface area contributed by atoms with E-state index >= 15 is 0 Å². The third kappa shape index (κ3) is 4.95. The normalized spacial score (nSPS) is 21.2. The molecule has 0 radical (unpaired) electrons. The predicted molar refractivity (Wildman–Crippen MR) is 92.7 cm³/mol. The van der Waals surface area contributed by atoms with Crippen molar-refractivity contribution in [2.75, 3.05) is 31.6 Å². The Balaban J connectivity index is 1.77. The van der Waals surface area contributed by atoms with Gasteiger partial charge < -0.3 is 15.0 Å². The minimum atomic E-state index is -0.0927. The number of hydrogen-bond donors (Lipinski definition) is 2. The molecule has 2 rings (SSSR count). The fraction of sp³-hybridized carbons (Fsp3) is 0.500. The molecule has 6 heteroatoms. The number of nitrogens with one attached hydrogen (secondary N) is 2. The quantitative estimate of drug-likeness (QED) is 0.557. The Bertz CT molecular complexity index is 528. The summed E-state index contributed by atoms with van der Waals surface area (Å²) in [4.78, 5) is 25.0. The van der Waals surface area contributed by atoms with Crippen LogP contribution >= 0.6 is 22.6 Å². The number of carbonyl (C=O) groups is 2. The number of halogens is 1. The lowest BCUT2D eigenvalue weighted by atomic mass is 9.97. The second-order valence-corrected chi connectivity index (χ2v) is 6.64. The third-order valence-corrected chi connectivity index (χ3v) is 4.81. The predicted octanol–water partition coefficient (Wildman–Crippen LogP) is 1.09. The minimum absolute atomic E-state index is 0.00170. The molecule has 1 aromatic rings. The molecule has 0 saturated carbocycles. The van der Waals surface area contributed by atoms with Gasteiger partial charge in [-0.05, 0) is 41.6 Å². The number of amides is 1. The summed E-state index contributed by atoms with van der Waals surface area (Å²) in [7, 11) is 0. The van der Waals surface area contributed by atoms with Crippen LogP contribution in [0.3, 0.4) is 0 Å². The van der Waals surface area contributed by atoms with E-state index in [-0.39, 0.29) is 17.8 Å². The molecule has 1 amide bonds. The van der Waals surface area contributed by atoms with Crippen LogP contribution < -0.4 is 10.2 Å². The summed E-state index contributed by atoms with van der Waals surface area (Å²) in [5.41, 5.74) is 0.855. The zero-order valence-electron chi connectivity index (χ0n) is 12.7. The van der Waals surface area contributed by atoms with Gasteiger partial charge in [-0.2, -0.15) is 0 Å². The van der Waals surface area contributed by atoms with Crippen molar-refractivity contribution >= 4 is 40.2 Å². The largest absolute Gasteiger partial charge is 0.466 e. The Morgan fingerprint density at radius 2 is 2.00 bits per heavy atom. The highest BCUT2D eigenvalue weighted by atomic mass is 127. The number of ether oxygens (including phenoxy) is 1. The first-order valence-corrected chi connectivity index (χ1v) is 8.72. The summed E-state index contributed by atoms with van der Waals surface area (Å²) in [6.07, 6.45) is 1.59. The minimum Gasteiger partial charge on any atom is -0.466 e. The first-order chi connectivity index (χ1) is 10.6. The molecular formula is C16H22IN2O3+. The van der Waals surface area contributed by atoms with Crippen molar-refractivity contribution in [1.82, 2.24) is 0 Å². The number of esters is 1. The van der Waals surface area contributed by atoms with Gasteiger partial charge in [0.05, 0.1) is 31.3 Å². The van der Waals surface area contributed by atoms with Crippen molar-refractivity contribution in [2.45, 2.75) is 19.8 Å². The molecule has 0 aliphatic carbocycles. The Labute approximate surface area is 144 Å². The van der Waals surface area contributed by atoms with Crippen LogP contribution in [0.4, 0.5) is 5.69 Å². The molecule has 1 aliphatic heterocycles. The monoisotopic (exact) mass is 417 g/mol. The molecule has 0 aromatic heterocycles. The van der Waals surface area contributed by atoms with Gasteiger partial charge in [0.25, 0.3) is 5.91 Å². The van der Waals surface area contributed by atoms with Gasteiger partial charge in [0.15, 0.2) is 6.54 Å². The fourth-order valence-corrected chi connectivity index (χ4v) is 3.20. The number of hydrogen-bond acceptors (Lipinski definition) is 3. The van der Waals surface area contributed by atoms with Crippen molar-refractivity contribution in [3.8, 4) is 0 Å². The zero-order chi connectivity index (χ0) is 15.9. The summed E-state index contributed by atoms with van der Waals surface area (Å²) < 4.78 is 6.09. The average molecular weight is 417 g/mol. The van der Waals surface area contributed by atoms with Crippen molar-refractivity contribution < 1.29 is 19.2 Å². The second-order valence-electron chi connectivity index (χ2n) is 5.48. The van der Waals surface area contributed by atoms with Crippen molar-refractivity contribution in [3.05, 3.63) is 27.8 Å². The highest BCUT2D eigenvalue weighted by Gasteiger charge is 2.29. The molecule has 0 spiro atoms. The summed E-state index contributed by atoms with van der Waals surface area (Å²) in [6.45, 7) is 4.38. The lowest BCUT2D eigenvalue weighted by Gasteiger charge is -2.27. The maximum absolute atomic E-state index is 12.1. The smallest absolute Gasteiger partial charge is 0.309 e. The standard InChI is InChI=1S/C16H21IN2O3/c1-2-22-16(21)12-7-9-19(10-8-12)11-15(20)18-14-6-4-3-5-13(14)17/h3-6,12H,2,7-11H2,1H3,(H,18,20)/p+1. The van der Waals surface area contributed by atoms with Crippen LogP contribution in [-0.2, 0) is 14.3 Å². The zero-order valence-corrected chi connectivity index (χ0v) is 14.9. The van der Waals surface area contributed by atoms with Gasteiger partial charge in [0, 0.05) is 16.4 Å². The number of benzene rings is 1. The maximum atomic E-state index is 12.1. The van der Waals surface area contributed by atoms with Crippen LogP contribution in [-0.4, -0.2) is 38.1 Å². The Kier molecular flexibility index (Phi) is 6.63. The molecule has 2 N–H and O–H groups in total. The number of rotatable bonds is 5. The number of carbonyl (C=O) groups excluding carboxylic acids is 2. The topological polar surface area (TPSA) is 59.8 Å². The lowest BCUT2D eigenvalue weighted by molar-refractivity contribution is -0.897. The molecule has 22 heavy (non-hydrogen) atoms. The van der Waals surface area contributed by atoms with E-state index in [1.165, 1.54) is 4.90 Å². The van der Waals surface area contributed by atoms with Crippen LogP contribution in [0.1, 0.15) is 19.8 Å².